The van der Waals surface area contributed by atoms with Gasteiger partial charge in [0.05, 0.1) is 0 Å². The Hall–Kier alpha value is -1.71. The average Bonchev–Trinajstić information content (AvgIpc) is 2.76. The van der Waals surface area contributed by atoms with Crippen LogP contribution in [0.4, 0.5) is 0 Å². The molecule has 0 aliphatic carbocycles. The summed E-state index contributed by atoms with van der Waals surface area (Å²) in [6.07, 6.45) is 6.38. The predicted molar refractivity (Wildman–Crippen MR) is 57.4 cm³/mol. The van der Waals surface area contributed by atoms with Crippen LogP contribution in [0.1, 0.15) is 24.1 Å². The third-order valence-corrected chi connectivity index (χ3v) is 2.29. The minimum atomic E-state index is 0.881. The van der Waals surface area contributed by atoms with Gasteiger partial charge in [-0.2, -0.15) is 5.10 Å². The lowest BCUT2D eigenvalue weighted by molar-refractivity contribution is 0.863. The molecule has 0 bridgehead atoms. The van der Waals surface area contributed by atoms with Crippen LogP contribution in [0.2, 0.25) is 0 Å². The van der Waals surface area contributed by atoms with Gasteiger partial charge in [-0.3, -0.25) is 10.1 Å². The van der Waals surface area contributed by atoms with E-state index in [1.165, 1.54) is 5.56 Å². The quantitative estimate of drug-likeness (QED) is 0.818. The Bertz CT molecular complexity index is 408. The van der Waals surface area contributed by atoms with Crippen molar-refractivity contribution in [2.75, 3.05) is 0 Å². The van der Waals surface area contributed by atoms with Gasteiger partial charge in [-0.15, -0.1) is 0 Å². The Kier molecular flexibility index (Phi) is 3.07. The molecule has 2 aromatic rings. The zero-order valence-electron chi connectivity index (χ0n) is 8.77. The summed E-state index contributed by atoms with van der Waals surface area (Å²) in [4.78, 5) is 8.34. The fraction of sp³-hybridized carbons (Fsp3) is 0.364. The zero-order valence-corrected chi connectivity index (χ0v) is 8.77. The monoisotopic (exact) mass is 202 g/mol. The van der Waals surface area contributed by atoms with Crippen LogP contribution in [0.3, 0.4) is 0 Å². The molecule has 0 spiro atoms. The SMILES string of the molecule is CCc1n[nH]c(CCc2ccncc2)n1. The van der Waals surface area contributed by atoms with Gasteiger partial charge in [0.1, 0.15) is 11.6 Å². The van der Waals surface area contributed by atoms with E-state index in [1.54, 1.807) is 0 Å². The van der Waals surface area contributed by atoms with Gasteiger partial charge in [0.15, 0.2) is 0 Å². The van der Waals surface area contributed by atoms with E-state index in [0.717, 1.165) is 30.9 Å². The Morgan fingerprint density at radius 1 is 1.20 bits per heavy atom. The Morgan fingerprint density at radius 3 is 2.67 bits per heavy atom. The third kappa shape index (κ3) is 2.62. The van der Waals surface area contributed by atoms with Crippen LogP contribution in [-0.4, -0.2) is 20.2 Å². The second kappa shape index (κ2) is 4.68. The van der Waals surface area contributed by atoms with Crippen molar-refractivity contribution < 1.29 is 0 Å². The molecule has 0 aliphatic rings. The molecule has 0 saturated heterocycles. The zero-order chi connectivity index (χ0) is 10.5. The standard InChI is InChI=1S/C11H14N4/c1-2-10-13-11(15-14-10)4-3-9-5-7-12-8-6-9/h5-8H,2-4H2,1H3,(H,13,14,15). The fourth-order valence-corrected chi connectivity index (χ4v) is 1.42. The van der Waals surface area contributed by atoms with Crippen molar-refractivity contribution >= 4 is 0 Å². The first kappa shape index (κ1) is 9.83. The van der Waals surface area contributed by atoms with Gasteiger partial charge in [-0.1, -0.05) is 6.92 Å². The predicted octanol–water partition coefficient (Wildman–Crippen LogP) is 1.55. The number of pyridine rings is 1. The number of H-pyrrole nitrogens is 1. The molecule has 0 atom stereocenters. The third-order valence-electron chi connectivity index (χ3n) is 2.29. The highest BCUT2D eigenvalue weighted by molar-refractivity contribution is 5.10. The number of hydrogen-bond acceptors (Lipinski definition) is 3. The molecule has 2 rings (SSSR count). The minimum absolute atomic E-state index is 0.881. The maximum atomic E-state index is 4.36. The van der Waals surface area contributed by atoms with Crippen molar-refractivity contribution in [2.24, 2.45) is 0 Å². The van der Waals surface area contributed by atoms with E-state index in [-0.39, 0.29) is 0 Å². The number of nitrogens with one attached hydrogen (secondary N) is 1. The van der Waals surface area contributed by atoms with E-state index >= 15 is 0 Å². The smallest absolute Gasteiger partial charge is 0.150 e. The van der Waals surface area contributed by atoms with Crippen molar-refractivity contribution in [1.82, 2.24) is 20.2 Å². The summed E-state index contributed by atoms with van der Waals surface area (Å²) in [6, 6.07) is 4.05. The van der Waals surface area contributed by atoms with Crippen LogP contribution in [0.15, 0.2) is 24.5 Å². The summed E-state index contributed by atoms with van der Waals surface area (Å²) in [6.45, 7) is 2.05. The molecular formula is C11H14N4. The number of aryl methyl sites for hydroxylation is 3. The molecule has 0 aliphatic heterocycles. The lowest BCUT2D eigenvalue weighted by atomic mass is 10.1. The Balaban J connectivity index is 1.93. The van der Waals surface area contributed by atoms with Gasteiger partial charge < -0.3 is 0 Å². The summed E-state index contributed by atoms with van der Waals surface area (Å²) in [5.74, 6) is 1.85. The number of aromatic amines is 1. The van der Waals surface area contributed by atoms with E-state index in [1.807, 2.05) is 24.5 Å². The number of rotatable bonds is 4. The molecule has 1 N–H and O–H groups in total. The molecule has 78 valence electrons. The molecule has 15 heavy (non-hydrogen) atoms. The topological polar surface area (TPSA) is 54.5 Å². The van der Waals surface area contributed by atoms with E-state index in [9.17, 15) is 0 Å². The van der Waals surface area contributed by atoms with Crippen LogP contribution >= 0.6 is 0 Å². The second-order valence-electron chi connectivity index (χ2n) is 3.41. The summed E-state index contributed by atoms with van der Waals surface area (Å²) < 4.78 is 0. The van der Waals surface area contributed by atoms with Crippen molar-refractivity contribution in [2.45, 2.75) is 26.2 Å². The summed E-state index contributed by atoms with van der Waals surface area (Å²) in [5.41, 5.74) is 1.28. The molecule has 0 saturated carbocycles. The van der Waals surface area contributed by atoms with Gasteiger partial charge in [-0.25, -0.2) is 4.98 Å². The lowest BCUT2D eigenvalue weighted by Crippen LogP contribution is -1.93. The second-order valence-corrected chi connectivity index (χ2v) is 3.41. The van der Waals surface area contributed by atoms with E-state index < -0.39 is 0 Å². The molecular weight excluding hydrogens is 188 g/mol. The first-order chi connectivity index (χ1) is 7.38. The van der Waals surface area contributed by atoms with Crippen LogP contribution < -0.4 is 0 Å². The summed E-state index contributed by atoms with van der Waals surface area (Å²) in [5, 5.41) is 7.05. The molecule has 2 heterocycles. The van der Waals surface area contributed by atoms with E-state index in [4.69, 9.17) is 0 Å². The van der Waals surface area contributed by atoms with Crippen LogP contribution in [0.5, 0.6) is 0 Å². The number of nitrogens with zero attached hydrogens (tertiary/aromatic N) is 3. The maximum absolute atomic E-state index is 4.36. The average molecular weight is 202 g/mol. The number of aromatic nitrogens is 4. The maximum Gasteiger partial charge on any atom is 0.150 e. The van der Waals surface area contributed by atoms with Gasteiger partial charge in [-0.05, 0) is 24.1 Å². The highest BCUT2D eigenvalue weighted by atomic mass is 15.2. The first-order valence-electron chi connectivity index (χ1n) is 5.17. The molecule has 0 unspecified atom stereocenters. The lowest BCUT2D eigenvalue weighted by Gasteiger charge is -1.96. The Labute approximate surface area is 88.8 Å². The molecule has 0 fully saturated rings. The largest absolute Gasteiger partial charge is 0.265 e. The normalized spacial score (nSPS) is 10.5. The molecule has 4 heteroatoms. The van der Waals surface area contributed by atoms with E-state index in [2.05, 4.69) is 27.1 Å². The van der Waals surface area contributed by atoms with Crippen molar-refractivity contribution in [1.29, 1.82) is 0 Å². The molecule has 0 amide bonds. The van der Waals surface area contributed by atoms with Crippen molar-refractivity contribution in [3.8, 4) is 0 Å². The minimum Gasteiger partial charge on any atom is -0.265 e. The summed E-state index contributed by atoms with van der Waals surface area (Å²) in [7, 11) is 0. The Morgan fingerprint density at radius 2 is 2.00 bits per heavy atom. The van der Waals surface area contributed by atoms with Gasteiger partial charge in [0.2, 0.25) is 0 Å². The van der Waals surface area contributed by atoms with Gasteiger partial charge in [0, 0.05) is 25.2 Å². The van der Waals surface area contributed by atoms with Gasteiger partial charge >= 0.3 is 0 Å². The highest BCUT2D eigenvalue weighted by Crippen LogP contribution is 2.02. The molecule has 4 nitrogen and oxygen atoms in total. The first-order valence-corrected chi connectivity index (χ1v) is 5.17. The van der Waals surface area contributed by atoms with Crippen LogP contribution in [0, 0.1) is 0 Å². The van der Waals surface area contributed by atoms with Gasteiger partial charge in [0.25, 0.3) is 0 Å². The van der Waals surface area contributed by atoms with Crippen molar-refractivity contribution in [3.05, 3.63) is 41.7 Å². The van der Waals surface area contributed by atoms with Crippen LogP contribution in [0.25, 0.3) is 0 Å². The van der Waals surface area contributed by atoms with Crippen LogP contribution in [-0.2, 0) is 19.3 Å². The highest BCUT2D eigenvalue weighted by Gasteiger charge is 2.01. The molecule has 0 radical (unpaired) electrons. The fourth-order valence-electron chi connectivity index (χ4n) is 1.42. The number of hydrogen-bond donors (Lipinski definition) is 1. The molecule has 2 aromatic heterocycles. The van der Waals surface area contributed by atoms with Crippen molar-refractivity contribution in [3.63, 3.8) is 0 Å². The van der Waals surface area contributed by atoms with E-state index in [0.29, 0.717) is 0 Å². The molecule has 0 aromatic carbocycles. The summed E-state index contributed by atoms with van der Waals surface area (Å²) >= 11 is 0.